The Balaban J connectivity index is 2.46. The van der Waals surface area contributed by atoms with Crippen LogP contribution in [0.15, 0.2) is 12.2 Å². The van der Waals surface area contributed by atoms with Crippen molar-refractivity contribution in [2.75, 3.05) is 5.88 Å². The topological polar surface area (TPSA) is 20.2 Å². The SMILES string of the molecule is OC1(CCl)CC=CC1. The van der Waals surface area contributed by atoms with E-state index in [1.807, 2.05) is 12.2 Å². The summed E-state index contributed by atoms with van der Waals surface area (Å²) in [5, 5.41) is 9.31. The summed E-state index contributed by atoms with van der Waals surface area (Å²) < 4.78 is 0. The molecule has 1 N–H and O–H groups in total. The third kappa shape index (κ3) is 1.04. The number of rotatable bonds is 1. The molecule has 0 radical (unpaired) electrons. The van der Waals surface area contributed by atoms with E-state index in [0.717, 1.165) is 12.8 Å². The fraction of sp³-hybridized carbons (Fsp3) is 0.667. The minimum absolute atomic E-state index is 0.347. The molecule has 0 aromatic rings. The summed E-state index contributed by atoms with van der Waals surface area (Å²) in [6, 6.07) is 0. The molecule has 0 saturated heterocycles. The summed E-state index contributed by atoms with van der Waals surface area (Å²) >= 11 is 5.46. The third-order valence-electron chi connectivity index (χ3n) is 1.41. The van der Waals surface area contributed by atoms with Crippen LogP contribution < -0.4 is 0 Å². The highest BCUT2D eigenvalue weighted by Crippen LogP contribution is 2.23. The Morgan fingerprint density at radius 1 is 1.50 bits per heavy atom. The Hall–Kier alpha value is -0.0100. The van der Waals surface area contributed by atoms with Crippen molar-refractivity contribution in [2.45, 2.75) is 18.4 Å². The molecule has 1 aliphatic carbocycles. The summed E-state index contributed by atoms with van der Waals surface area (Å²) in [6.45, 7) is 0. The largest absolute Gasteiger partial charge is 0.388 e. The van der Waals surface area contributed by atoms with Gasteiger partial charge in [0, 0.05) is 0 Å². The molecule has 2 heteroatoms. The lowest BCUT2D eigenvalue weighted by atomic mass is 10.1. The Morgan fingerprint density at radius 2 is 2.00 bits per heavy atom. The van der Waals surface area contributed by atoms with Crippen molar-refractivity contribution in [3.8, 4) is 0 Å². The molecule has 1 nitrogen and oxygen atoms in total. The van der Waals surface area contributed by atoms with E-state index in [2.05, 4.69) is 0 Å². The third-order valence-corrected chi connectivity index (χ3v) is 1.91. The van der Waals surface area contributed by atoms with E-state index in [0.29, 0.717) is 5.88 Å². The van der Waals surface area contributed by atoms with Gasteiger partial charge in [-0.2, -0.15) is 0 Å². The highest BCUT2D eigenvalue weighted by atomic mass is 35.5. The van der Waals surface area contributed by atoms with Gasteiger partial charge < -0.3 is 5.11 Å². The number of hydrogen-bond donors (Lipinski definition) is 1. The van der Waals surface area contributed by atoms with E-state index in [-0.39, 0.29) is 0 Å². The van der Waals surface area contributed by atoms with Crippen LogP contribution in [0.4, 0.5) is 0 Å². The monoisotopic (exact) mass is 132 g/mol. The van der Waals surface area contributed by atoms with E-state index >= 15 is 0 Å². The summed E-state index contributed by atoms with van der Waals surface area (Å²) in [5.41, 5.74) is -0.610. The molecule has 0 fully saturated rings. The lowest BCUT2D eigenvalue weighted by Crippen LogP contribution is -2.26. The van der Waals surface area contributed by atoms with Gasteiger partial charge in [0.25, 0.3) is 0 Å². The van der Waals surface area contributed by atoms with Crippen LogP contribution in [-0.2, 0) is 0 Å². The molecular formula is C6H9ClO. The van der Waals surface area contributed by atoms with Crippen LogP contribution in [0.1, 0.15) is 12.8 Å². The minimum atomic E-state index is -0.610. The van der Waals surface area contributed by atoms with Crippen LogP contribution in [0, 0.1) is 0 Å². The molecule has 46 valence electrons. The van der Waals surface area contributed by atoms with Crippen LogP contribution in [0.5, 0.6) is 0 Å². The Kier molecular flexibility index (Phi) is 1.59. The average molecular weight is 133 g/mol. The zero-order chi connectivity index (χ0) is 6.04. The smallest absolute Gasteiger partial charge is 0.0850 e. The van der Waals surface area contributed by atoms with Crippen molar-refractivity contribution in [2.24, 2.45) is 0 Å². The number of aliphatic hydroxyl groups is 1. The number of halogens is 1. The first-order valence-corrected chi connectivity index (χ1v) is 3.24. The molecule has 8 heavy (non-hydrogen) atoms. The quantitative estimate of drug-likeness (QED) is 0.421. The second kappa shape index (κ2) is 2.08. The molecule has 1 aliphatic rings. The molecule has 0 aliphatic heterocycles. The molecule has 0 saturated carbocycles. The second-order valence-corrected chi connectivity index (χ2v) is 2.50. The fourth-order valence-electron chi connectivity index (χ4n) is 0.798. The van der Waals surface area contributed by atoms with Gasteiger partial charge in [-0.25, -0.2) is 0 Å². The summed E-state index contributed by atoms with van der Waals surface area (Å²) in [4.78, 5) is 0. The summed E-state index contributed by atoms with van der Waals surface area (Å²) in [5.74, 6) is 0.347. The average Bonchev–Trinajstić information content (AvgIpc) is 2.17. The van der Waals surface area contributed by atoms with E-state index in [9.17, 15) is 5.11 Å². The number of hydrogen-bond acceptors (Lipinski definition) is 1. The summed E-state index contributed by atoms with van der Waals surface area (Å²) in [7, 11) is 0. The van der Waals surface area contributed by atoms with Gasteiger partial charge in [-0.05, 0) is 12.8 Å². The first-order chi connectivity index (χ1) is 3.77. The molecule has 0 aromatic carbocycles. The van der Waals surface area contributed by atoms with Crippen molar-refractivity contribution in [3.05, 3.63) is 12.2 Å². The van der Waals surface area contributed by atoms with E-state index < -0.39 is 5.60 Å². The standard InChI is InChI=1S/C6H9ClO/c7-5-6(8)3-1-2-4-6/h1-2,8H,3-5H2. The van der Waals surface area contributed by atoms with Crippen LogP contribution in [0.25, 0.3) is 0 Å². The lowest BCUT2D eigenvalue weighted by molar-refractivity contribution is 0.0782. The van der Waals surface area contributed by atoms with Crippen LogP contribution in [0.3, 0.4) is 0 Å². The zero-order valence-electron chi connectivity index (χ0n) is 4.60. The molecule has 0 aromatic heterocycles. The fourth-order valence-corrected chi connectivity index (χ4v) is 1.02. The van der Waals surface area contributed by atoms with Crippen molar-refractivity contribution in [1.82, 2.24) is 0 Å². The van der Waals surface area contributed by atoms with Crippen molar-refractivity contribution in [1.29, 1.82) is 0 Å². The van der Waals surface area contributed by atoms with Crippen LogP contribution in [0.2, 0.25) is 0 Å². The molecule has 0 heterocycles. The predicted molar refractivity (Wildman–Crippen MR) is 34.0 cm³/mol. The van der Waals surface area contributed by atoms with Gasteiger partial charge in [0.2, 0.25) is 0 Å². The summed E-state index contributed by atoms with van der Waals surface area (Å²) in [6.07, 6.45) is 5.36. The van der Waals surface area contributed by atoms with Crippen LogP contribution in [-0.4, -0.2) is 16.6 Å². The lowest BCUT2D eigenvalue weighted by Gasteiger charge is -2.16. The van der Waals surface area contributed by atoms with Gasteiger partial charge in [-0.3, -0.25) is 0 Å². The molecule has 0 spiro atoms. The molecule has 1 rings (SSSR count). The highest BCUT2D eigenvalue weighted by Gasteiger charge is 2.25. The van der Waals surface area contributed by atoms with Gasteiger partial charge in [-0.15, -0.1) is 11.6 Å². The van der Waals surface area contributed by atoms with Crippen molar-refractivity contribution < 1.29 is 5.11 Å². The maximum absolute atomic E-state index is 9.31. The van der Waals surface area contributed by atoms with E-state index in [1.165, 1.54) is 0 Å². The van der Waals surface area contributed by atoms with Gasteiger partial charge in [-0.1, -0.05) is 12.2 Å². The van der Waals surface area contributed by atoms with E-state index in [1.54, 1.807) is 0 Å². The van der Waals surface area contributed by atoms with Gasteiger partial charge in [0.15, 0.2) is 0 Å². The normalized spacial score (nSPS) is 24.2. The molecule has 0 amide bonds. The molecule has 0 atom stereocenters. The Bertz CT molecular complexity index is 101. The Labute approximate surface area is 54.0 Å². The highest BCUT2D eigenvalue weighted by molar-refractivity contribution is 6.18. The van der Waals surface area contributed by atoms with Gasteiger partial charge in [0.05, 0.1) is 11.5 Å². The maximum atomic E-state index is 9.31. The Morgan fingerprint density at radius 3 is 2.25 bits per heavy atom. The van der Waals surface area contributed by atoms with Crippen LogP contribution >= 0.6 is 11.6 Å². The first-order valence-electron chi connectivity index (χ1n) is 2.70. The van der Waals surface area contributed by atoms with Crippen molar-refractivity contribution >= 4 is 11.6 Å². The second-order valence-electron chi connectivity index (χ2n) is 2.24. The first kappa shape index (κ1) is 6.12. The molecule has 0 bridgehead atoms. The molecule has 0 unspecified atom stereocenters. The minimum Gasteiger partial charge on any atom is -0.388 e. The van der Waals surface area contributed by atoms with Crippen molar-refractivity contribution in [3.63, 3.8) is 0 Å². The number of alkyl halides is 1. The predicted octanol–water partition coefficient (Wildman–Crippen LogP) is 1.31. The zero-order valence-corrected chi connectivity index (χ0v) is 5.36. The van der Waals surface area contributed by atoms with Gasteiger partial charge in [0.1, 0.15) is 0 Å². The molecular weight excluding hydrogens is 124 g/mol. The van der Waals surface area contributed by atoms with E-state index in [4.69, 9.17) is 11.6 Å². The maximum Gasteiger partial charge on any atom is 0.0850 e. The van der Waals surface area contributed by atoms with Gasteiger partial charge >= 0.3 is 0 Å².